The highest BCUT2D eigenvalue weighted by molar-refractivity contribution is 5.90. The minimum absolute atomic E-state index is 0.0595. The van der Waals surface area contributed by atoms with E-state index < -0.39 is 0 Å². The van der Waals surface area contributed by atoms with Gasteiger partial charge in [-0.15, -0.1) is 0 Å². The van der Waals surface area contributed by atoms with Crippen LogP contribution in [0.15, 0.2) is 48.8 Å². The fraction of sp³-hybridized carbons (Fsp3) is 0.400. The predicted octanol–water partition coefficient (Wildman–Crippen LogP) is 3.34. The number of amides is 3. The highest BCUT2D eigenvalue weighted by Gasteiger charge is 2.23. The molecule has 1 unspecified atom stereocenters. The molecule has 2 heterocycles. The number of methoxy groups -OCH3 is 1. The van der Waals surface area contributed by atoms with Crippen LogP contribution in [0.5, 0.6) is 0 Å². The lowest BCUT2D eigenvalue weighted by atomic mass is 9.90. The van der Waals surface area contributed by atoms with E-state index in [1.807, 2.05) is 36.5 Å². The number of anilines is 1. The Kier molecular flexibility index (Phi) is 7.70. The molecular weight excluding hydrogens is 420 g/mol. The number of benzene rings is 1. The zero-order chi connectivity index (χ0) is 23.0. The van der Waals surface area contributed by atoms with Gasteiger partial charge in [0.2, 0.25) is 5.91 Å². The van der Waals surface area contributed by atoms with Gasteiger partial charge < -0.3 is 25.0 Å². The number of rotatable bonds is 8. The molecule has 2 aromatic rings. The number of carbonyl (C=O) groups excluding carboxylic acids is 2. The van der Waals surface area contributed by atoms with Crippen molar-refractivity contribution in [3.63, 3.8) is 0 Å². The first-order valence-electron chi connectivity index (χ1n) is 11.3. The number of aromatic nitrogens is 1. The normalized spacial score (nSPS) is 17.3. The van der Waals surface area contributed by atoms with Gasteiger partial charge in [-0.3, -0.25) is 9.78 Å². The van der Waals surface area contributed by atoms with E-state index in [0.717, 1.165) is 41.6 Å². The molecule has 1 aromatic heterocycles. The topological polar surface area (TPSA) is 92.8 Å². The van der Waals surface area contributed by atoms with E-state index in [1.165, 1.54) is 5.57 Å². The van der Waals surface area contributed by atoms with Gasteiger partial charge in [0.15, 0.2) is 0 Å². The minimum atomic E-state index is -0.111. The zero-order valence-corrected chi connectivity index (χ0v) is 18.9. The van der Waals surface area contributed by atoms with Crippen molar-refractivity contribution in [2.24, 2.45) is 0 Å². The number of pyridine rings is 1. The summed E-state index contributed by atoms with van der Waals surface area (Å²) in [6.45, 7) is 2.14. The number of fused-ring (bicyclic) bond motifs is 1. The molecule has 0 saturated heterocycles. The second kappa shape index (κ2) is 11.1. The summed E-state index contributed by atoms with van der Waals surface area (Å²) in [5, 5.41) is 6.01. The fourth-order valence-corrected chi connectivity index (χ4v) is 4.14. The third kappa shape index (κ3) is 6.18. The van der Waals surface area contributed by atoms with E-state index in [1.54, 1.807) is 18.2 Å². The summed E-state index contributed by atoms with van der Waals surface area (Å²) in [5.41, 5.74) is 5.42. The van der Waals surface area contributed by atoms with Gasteiger partial charge in [0, 0.05) is 44.3 Å². The number of nitrogens with one attached hydrogen (secondary N) is 2. The summed E-state index contributed by atoms with van der Waals surface area (Å²) >= 11 is 0. The Bertz CT molecular complexity index is 981. The van der Waals surface area contributed by atoms with E-state index >= 15 is 0 Å². The fourth-order valence-electron chi connectivity index (χ4n) is 4.14. The molecule has 0 fully saturated rings. The molecule has 1 atom stereocenters. The molecule has 8 heteroatoms. The quantitative estimate of drug-likeness (QED) is 0.602. The van der Waals surface area contributed by atoms with Crippen LogP contribution in [-0.4, -0.2) is 54.8 Å². The Morgan fingerprint density at radius 3 is 2.67 bits per heavy atom. The van der Waals surface area contributed by atoms with Crippen molar-refractivity contribution in [2.75, 3.05) is 32.2 Å². The average molecular weight is 451 g/mol. The van der Waals surface area contributed by atoms with Crippen molar-refractivity contribution in [1.82, 2.24) is 15.2 Å². The van der Waals surface area contributed by atoms with Crippen LogP contribution in [0, 0.1) is 0 Å². The SMILES string of the molecule is COCCOCC(=O)NC1CC=C(c2ccc(NC(=O)N3Cc4ccncc4C3)cc2)CC1. The molecule has 8 nitrogen and oxygen atoms in total. The summed E-state index contributed by atoms with van der Waals surface area (Å²) in [6, 6.07) is 9.92. The van der Waals surface area contributed by atoms with Crippen molar-refractivity contribution in [1.29, 1.82) is 0 Å². The van der Waals surface area contributed by atoms with Gasteiger partial charge >= 0.3 is 6.03 Å². The number of nitrogens with zero attached hydrogens (tertiary/aromatic N) is 2. The van der Waals surface area contributed by atoms with Crippen LogP contribution in [0.4, 0.5) is 10.5 Å². The van der Waals surface area contributed by atoms with Gasteiger partial charge in [-0.25, -0.2) is 4.79 Å². The average Bonchev–Trinajstić information content (AvgIpc) is 3.28. The summed E-state index contributed by atoms with van der Waals surface area (Å²) in [6.07, 6.45) is 8.33. The van der Waals surface area contributed by atoms with E-state index in [0.29, 0.717) is 26.3 Å². The molecule has 2 aliphatic rings. The number of ether oxygens (including phenoxy) is 2. The largest absolute Gasteiger partial charge is 0.382 e. The van der Waals surface area contributed by atoms with Crippen LogP contribution >= 0.6 is 0 Å². The standard InChI is InChI=1S/C25H30N4O4/c1-32-12-13-33-17-24(30)27-22-6-2-18(3-7-22)19-4-8-23(9-5-19)28-25(31)29-15-20-10-11-26-14-21(20)16-29/h2,4-5,8-11,14,22H,3,6-7,12-13,15-17H2,1H3,(H,27,30)(H,28,31). The lowest BCUT2D eigenvalue weighted by Crippen LogP contribution is -2.38. The summed E-state index contributed by atoms with van der Waals surface area (Å²) in [4.78, 5) is 30.5. The monoisotopic (exact) mass is 450 g/mol. The number of allylic oxidation sites excluding steroid dienone is 1. The molecule has 0 saturated carbocycles. The molecule has 1 aromatic carbocycles. The summed E-state index contributed by atoms with van der Waals surface area (Å²) in [5.74, 6) is -0.0922. The summed E-state index contributed by atoms with van der Waals surface area (Å²) in [7, 11) is 1.60. The lowest BCUT2D eigenvalue weighted by Gasteiger charge is -2.23. The molecule has 0 radical (unpaired) electrons. The van der Waals surface area contributed by atoms with Crippen molar-refractivity contribution in [3.05, 3.63) is 65.5 Å². The molecule has 33 heavy (non-hydrogen) atoms. The smallest absolute Gasteiger partial charge is 0.322 e. The van der Waals surface area contributed by atoms with E-state index in [9.17, 15) is 9.59 Å². The number of carbonyl (C=O) groups is 2. The van der Waals surface area contributed by atoms with Crippen molar-refractivity contribution in [3.8, 4) is 0 Å². The molecule has 0 bridgehead atoms. The van der Waals surface area contributed by atoms with Crippen molar-refractivity contribution in [2.45, 2.75) is 38.4 Å². The van der Waals surface area contributed by atoms with E-state index in [4.69, 9.17) is 9.47 Å². The molecule has 0 spiro atoms. The van der Waals surface area contributed by atoms with Crippen molar-refractivity contribution >= 4 is 23.2 Å². The van der Waals surface area contributed by atoms with Gasteiger partial charge in [0.05, 0.1) is 13.2 Å². The lowest BCUT2D eigenvalue weighted by molar-refractivity contribution is -0.126. The number of hydrogen-bond donors (Lipinski definition) is 2. The Hall–Kier alpha value is -3.23. The third-order valence-electron chi connectivity index (χ3n) is 5.96. The first kappa shape index (κ1) is 22.9. The Morgan fingerprint density at radius 1 is 1.12 bits per heavy atom. The first-order valence-corrected chi connectivity index (χ1v) is 11.3. The molecule has 1 aliphatic heterocycles. The van der Waals surface area contributed by atoms with Crippen LogP contribution in [0.25, 0.3) is 5.57 Å². The first-order chi connectivity index (χ1) is 16.1. The van der Waals surface area contributed by atoms with E-state index in [2.05, 4.69) is 21.7 Å². The van der Waals surface area contributed by atoms with Gasteiger partial charge in [-0.2, -0.15) is 0 Å². The number of hydrogen-bond acceptors (Lipinski definition) is 5. The van der Waals surface area contributed by atoms with Gasteiger partial charge in [-0.05, 0) is 59.7 Å². The highest BCUT2D eigenvalue weighted by Crippen LogP contribution is 2.28. The van der Waals surface area contributed by atoms with Crippen LogP contribution in [0.1, 0.15) is 36.0 Å². The van der Waals surface area contributed by atoms with Crippen LogP contribution in [0.3, 0.4) is 0 Å². The van der Waals surface area contributed by atoms with Crippen LogP contribution in [0.2, 0.25) is 0 Å². The van der Waals surface area contributed by atoms with Crippen molar-refractivity contribution < 1.29 is 19.1 Å². The molecule has 1 aliphatic carbocycles. The third-order valence-corrected chi connectivity index (χ3v) is 5.96. The van der Waals surface area contributed by atoms with Crippen LogP contribution < -0.4 is 10.6 Å². The van der Waals surface area contributed by atoms with Gasteiger partial charge in [0.25, 0.3) is 0 Å². The van der Waals surface area contributed by atoms with Gasteiger partial charge in [-0.1, -0.05) is 18.2 Å². The Morgan fingerprint density at radius 2 is 1.94 bits per heavy atom. The van der Waals surface area contributed by atoms with E-state index in [-0.39, 0.29) is 24.6 Å². The minimum Gasteiger partial charge on any atom is -0.382 e. The maximum Gasteiger partial charge on any atom is 0.322 e. The molecule has 3 amide bonds. The van der Waals surface area contributed by atoms with Gasteiger partial charge in [0.1, 0.15) is 6.61 Å². The molecular formula is C25H30N4O4. The predicted molar refractivity (Wildman–Crippen MR) is 125 cm³/mol. The maximum absolute atomic E-state index is 12.6. The zero-order valence-electron chi connectivity index (χ0n) is 18.9. The Labute approximate surface area is 194 Å². The maximum atomic E-state index is 12.6. The summed E-state index contributed by atoms with van der Waals surface area (Å²) < 4.78 is 10.2. The second-order valence-electron chi connectivity index (χ2n) is 8.32. The van der Waals surface area contributed by atoms with Crippen LogP contribution in [-0.2, 0) is 27.4 Å². The number of urea groups is 1. The molecule has 174 valence electrons. The highest BCUT2D eigenvalue weighted by atomic mass is 16.5. The second-order valence-corrected chi connectivity index (χ2v) is 8.32. The Balaban J connectivity index is 1.24. The molecule has 2 N–H and O–H groups in total. The molecule has 4 rings (SSSR count).